The lowest BCUT2D eigenvalue weighted by molar-refractivity contribution is 0.0936. The largest absolute Gasteiger partial charge is 0.469 e. The molecule has 1 amide bonds. The summed E-state index contributed by atoms with van der Waals surface area (Å²) in [6.07, 6.45) is 3.70. The van der Waals surface area contributed by atoms with Crippen molar-refractivity contribution in [2.75, 3.05) is 0 Å². The monoisotopic (exact) mass is 261 g/mol. The Bertz CT molecular complexity index is 599. The second-order valence-corrected chi connectivity index (χ2v) is 4.80. The zero-order valence-electron chi connectivity index (χ0n) is 10.8. The smallest absolute Gasteiger partial charge is 0.255 e. The van der Waals surface area contributed by atoms with Crippen LogP contribution in [0.4, 0.5) is 0 Å². The van der Waals surface area contributed by atoms with Crippen LogP contribution in [0.15, 0.2) is 16.7 Å². The van der Waals surface area contributed by atoms with Crippen molar-refractivity contribution >= 4 is 5.91 Å². The second kappa shape index (κ2) is 4.49. The molecule has 7 heteroatoms. The molecule has 3 rings (SSSR count). The first-order chi connectivity index (χ1) is 9.16. The molecule has 1 N–H and O–H groups in total. The van der Waals surface area contributed by atoms with Gasteiger partial charge in [0, 0.05) is 0 Å². The van der Waals surface area contributed by atoms with Crippen LogP contribution in [0, 0.1) is 6.92 Å². The first-order valence-electron chi connectivity index (χ1n) is 6.29. The molecule has 2 aromatic heterocycles. The maximum atomic E-state index is 12.1. The van der Waals surface area contributed by atoms with Gasteiger partial charge in [0.25, 0.3) is 5.91 Å². The first-order valence-corrected chi connectivity index (χ1v) is 6.29. The summed E-state index contributed by atoms with van der Waals surface area (Å²) in [7, 11) is 0. The van der Waals surface area contributed by atoms with Crippen molar-refractivity contribution in [2.24, 2.45) is 0 Å². The number of rotatable bonds is 4. The van der Waals surface area contributed by atoms with Crippen molar-refractivity contribution in [1.29, 1.82) is 0 Å². The summed E-state index contributed by atoms with van der Waals surface area (Å²) in [5.74, 6) is 1.12. The number of carbonyl (C=O) groups excluding carboxylic acids is 1. The zero-order valence-corrected chi connectivity index (χ0v) is 10.8. The fraction of sp³-hybridized carbons (Fsp3) is 0.500. The molecule has 2 aromatic rings. The van der Waals surface area contributed by atoms with Gasteiger partial charge in [0.05, 0.1) is 23.9 Å². The summed E-state index contributed by atoms with van der Waals surface area (Å²) < 4.78 is 6.92. The van der Waals surface area contributed by atoms with Crippen molar-refractivity contribution in [3.63, 3.8) is 0 Å². The number of amides is 1. The van der Waals surface area contributed by atoms with Crippen LogP contribution in [0.25, 0.3) is 0 Å². The van der Waals surface area contributed by atoms with E-state index in [0.29, 0.717) is 23.2 Å². The van der Waals surface area contributed by atoms with Crippen LogP contribution in [-0.4, -0.2) is 26.1 Å². The van der Waals surface area contributed by atoms with Crippen LogP contribution >= 0.6 is 0 Å². The third-order valence-electron chi connectivity index (χ3n) is 3.25. The van der Waals surface area contributed by atoms with Crippen LogP contribution in [0.2, 0.25) is 0 Å². The summed E-state index contributed by atoms with van der Waals surface area (Å²) in [6, 6.07) is 1.80. The van der Waals surface area contributed by atoms with E-state index in [1.165, 1.54) is 6.26 Å². The average Bonchev–Trinajstić information content (AvgIpc) is 2.94. The van der Waals surface area contributed by atoms with Crippen molar-refractivity contribution in [2.45, 2.75) is 38.8 Å². The molecule has 0 spiro atoms. The van der Waals surface area contributed by atoms with Crippen molar-refractivity contribution in [3.05, 3.63) is 29.5 Å². The Kier molecular flexibility index (Phi) is 2.81. The maximum Gasteiger partial charge on any atom is 0.255 e. The molecule has 19 heavy (non-hydrogen) atoms. The summed E-state index contributed by atoms with van der Waals surface area (Å²) in [6.45, 7) is 3.63. The fourth-order valence-corrected chi connectivity index (χ4v) is 2.02. The van der Waals surface area contributed by atoms with Gasteiger partial charge < -0.3 is 9.73 Å². The Labute approximate surface area is 110 Å². The van der Waals surface area contributed by atoms with E-state index in [1.807, 2.05) is 6.92 Å². The molecule has 2 heterocycles. The van der Waals surface area contributed by atoms with Gasteiger partial charge in [-0.15, -0.1) is 5.10 Å². The normalized spacial score (nSPS) is 16.3. The Morgan fingerprint density at radius 1 is 1.58 bits per heavy atom. The highest BCUT2D eigenvalue weighted by molar-refractivity contribution is 5.95. The number of nitrogens with one attached hydrogen (secondary N) is 1. The lowest BCUT2D eigenvalue weighted by Gasteiger charge is -2.12. The molecule has 0 aliphatic heterocycles. The fourth-order valence-electron chi connectivity index (χ4n) is 2.02. The third-order valence-corrected chi connectivity index (χ3v) is 3.25. The Hall–Kier alpha value is -2.18. The second-order valence-electron chi connectivity index (χ2n) is 4.80. The topological polar surface area (TPSA) is 85.8 Å². The van der Waals surface area contributed by atoms with Gasteiger partial charge in [-0.25, -0.2) is 4.68 Å². The van der Waals surface area contributed by atoms with E-state index in [1.54, 1.807) is 17.7 Å². The van der Waals surface area contributed by atoms with Crippen LogP contribution in [-0.2, 0) is 0 Å². The first kappa shape index (κ1) is 11.9. The highest BCUT2D eigenvalue weighted by Gasteiger charge is 2.30. The molecular formula is C12H15N5O2. The highest BCUT2D eigenvalue weighted by atomic mass is 16.3. The quantitative estimate of drug-likeness (QED) is 0.899. The molecule has 0 saturated heterocycles. The summed E-state index contributed by atoms with van der Waals surface area (Å²) >= 11 is 0. The van der Waals surface area contributed by atoms with E-state index in [2.05, 4.69) is 20.8 Å². The van der Waals surface area contributed by atoms with Crippen molar-refractivity contribution in [3.8, 4) is 0 Å². The van der Waals surface area contributed by atoms with Gasteiger partial charge >= 0.3 is 0 Å². The van der Waals surface area contributed by atoms with Gasteiger partial charge in [0.1, 0.15) is 5.76 Å². The maximum absolute atomic E-state index is 12.1. The molecule has 7 nitrogen and oxygen atoms in total. The summed E-state index contributed by atoms with van der Waals surface area (Å²) in [4.78, 5) is 12.1. The van der Waals surface area contributed by atoms with Crippen LogP contribution in [0.3, 0.4) is 0 Å². The lowest BCUT2D eigenvalue weighted by Crippen LogP contribution is -2.29. The predicted molar refractivity (Wildman–Crippen MR) is 65.4 cm³/mol. The predicted octanol–water partition coefficient (Wildman–Crippen LogP) is 1.40. The zero-order chi connectivity index (χ0) is 13.4. The third kappa shape index (κ3) is 2.23. The number of aromatic nitrogens is 4. The van der Waals surface area contributed by atoms with Gasteiger partial charge in [-0.1, -0.05) is 0 Å². The van der Waals surface area contributed by atoms with E-state index in [4.69, 9.17) is 4.42 Å². The van der Waals surface area contributed by atoms with Crippen molar-refractivity contribution in [1.82, 2.24) is 25.5 Å². The van der Waals surface area contributed by atoms with Gasteiger partial charge in [-0.05, 0) is 43.2 Å². The molecule has 0 radical (unpaired) electrons. The number of furan rings is 1. The van der Waals surface area contributed by atoms with Crippen molar-refractivity contribution < 1.29 is 9.21 Å². The van der Waals surface area contributed by atoms with E-state index < -0.39 is 0 Å². The summed E-state index contributed by atoms with van der Waals surface area (Å²) in [5.41, 5.74) is 0.539. The molecule has 0 bridgehead atoms. The standard InChI is InChI=1S/C12H15N5O2/c1-7(11-14-15-16-17(11)9-3-4-9)13-12(18)10-5-6-19-8(10)2/h5-7,9H,3-4H2,1-2H3,(H,13,18). The number of carbonyl (C=O) groups is 1. The van der Waals surface area contributed by atoms with Crippen LogP contribution in [0.1, 0.15) is 53.8 Å². The van der Waals surface area contributed by atoms with E-state index in [-0.39, 0.29) is 11.9 Å². The Balaban J connectivity index is 1.74. The number of nitrogens with zero attached hydrogens (tertiary/aromatic N) is 4. The summed E-state index contributed by atoms with van der Waals surface area (Å²) in [5, 5.41) is 14.5. The van der Waals surface area contributed by atoms with E-state index >= 15 is 0 Å². The molecule has 0 aromatic carbocycles. The minimum Gasteiger partial charge on any atom is -0.469 e. The number of hydrogen-bond donors (Lipinski definition) is 1. The Morgan fingerprint density at radius 2 is 2.37 bits per heavy atom. The van der Waals surface area contributed by atoms with Gasteiger partial charge in [0.2, 0.25) is 0 Å². The highest BCUT2D eigenvalue weighted by Crippen LogP contribution is 2.35. The average molecular weight is 261 g/mol. The molecule has 1 fully saturated rings. The number of aryl methyl sites for hydroxylation is 1. The minimum absolute atomic E-state index is 0.177. The molecular weight excluding hydrogens is 246 g/mol. The minimum atomic E-state index is -0.239. The molecule has 1 aliphatic rings. The molecule has 1 atom stereocenters. The van der Waals surface area contributed by atoms with Gasteiger partial charge in [-0.3, -0.25) is 4.79 Å². The van der Waals surface area contributed by atoms with Crippen LogP contribution in [0.5, 0.6) is 0 Å². The SMILES string of the molecule is Cc1occc1C(=O)NC(C)c1nnnn1C1CC1. The molecule has 1 saturated carbocycles. The Morgan fingerprint density at radius 3 is 3.00 bits per heavy atom. The van der Waals surface area contributed by atoms with E-state index in [0.717, 1.165) is 12.8 Å². The molecule has 1 aliphatic carbocycles. The molecule has 100 valence electrons. The van der Waals surface area contributed by atoms with Gasteiger partial charge in [-0.2, -0.15) is 0 Å². The van der Waals surface area contributed by atoms with Crippen LogP contribution < -0.4 is 5.32 Å². The lowest BCUT2D eigenvalue weighted by atomic mass is 10.2. The van der Waals surface area contributed by atoms with E-state index in [9.17, 15) is 4.79 Å². The van der Waals surface area contributed by atoms with Gasteiger partial charge in [0.15, 0.2) is 5.82 Å². The molecule has 1 unspecified atom stereocenters. The number of hydrogen-bond acceptors (Lipinski definition) is 5. The number of tetrazole rings is 1.